The Bertz CT molecular complexity index is 1890. The number of carbonyl (C=O) groups excluding carboxylic acids is 4. The average Bonchev–Trinajstić information content (AvgIpc) is 3.74. The Morgan fingerprint density at radius 1 is 0.700 bits per heavy atom. The molecule has 0 saturated heterocycles. The van der Waals surface area contributed by atoms with Gasteiger partial charge in [-0.25, -0.2) is 18.4 Å². The van der Waals surface area contributed by atoms with Gasteiger partial charge in [0, 0.05) is 6.26 Å². The third-order valence-corrected chi connectivity index (χ3v) is 10.5. The second-order valence-electron chi connectivity index (χ2n) is 11.2. The van der Waals surface area contributed by atoms with E-state index in [0.29, 0.717) is 53.1 Å². The number of thioether (sulfide) groups is 1. The summed E-state index contributed by atoms with van der Waals surface area (Å²) >= 11 is 3.61. The molecule has 4 rings (SSSR count). The average molecular weight is 763 g/mol. The fraction of sp³-hybridized carbons (Fsp3) is 0.312. The Morgan fingerprint density at radius 3 is 1.52 bits per heavy atom. The Morgan fingerprint density at radius 2 is 1.12 bits per heavy atom. The van der Waals surface area contributed by atoms with Gasteiger partial charge in [-0.2, -0.15) is 0 Å². The van der Waals surface area contributed by atoms with Crippen molar-refractivity contribution >= 4 is 89.5 Å². The number of amides is 4. The number of ether oxygens (including phenoxy) is 2. The molecule has 2 aromatic heterocycles. The molecule has 4 amide bonds. The van der Waals surface area contributed by atoms with Crippen LogP contribution in [0.25, 0.3) is 0 Å². The van der Waals surface area contributed by atoms with Crippen molar-refractivity contribution in [1.29, 1.82) is 0 Å². The van der Waals surface area contributed by atoms with E-state index in [2.05, 4.69) is 31.2 Å². The number of rotatable bonds is 12. The van der Waals surface area contributed by atoms with Gasteiger partial charge < -0.3 is 20.1 Å². The molecule has 0 spiro atoms. The van der Waals surface area contributed by atoms with Gasteiger partial charge in [-0.15, -0.1) is 11.8 Å². The molecule has 0 aliphatic carbocycles. The first-order chi connectivity index (χ1) is 23.7. The smallest absolute Gasteiger partial charge is 0.315 e. The van der Waals surface area contributed by atoms with E-state index in [9.17, 15) is 27.6 Å². The van der Waals surface area contributed by atoms with Crippen molar-refractivity contribution in [3.63, 3.8) is 0 Å². The van der Waals surface area contributed by atoms with Crippen LogP contribution in [0.15, 0.2) is 69.3 Å². The molecule has 0 saturated carbocycles. The predicted octanol–water partition coefficient (Wildman–Crippen LogP) is 5.64. The number of nitrogens with zero attached hydrogens (tertiary/aromatic N) is 2. The van der Waals surface area contributed by atoms with Gasteiger partial charge in [0.1, 0.15) is 15.7 Å². The van der Waals surface area contributed by atoms with E-state index in [4.69, 9.17) is 9.47 Å². The van der Waals surface area contributed by atoms with Crippen LogP contribution in [-0.2, 0) is 29.0 Å². The Hall–Kier alpha value is -4.52. The van der Waals surface area contributed by atoms with Gasteiger partial charge in [0.2, 0.25) is 0 Å². The first-order valence-corrected chi connectivity index (χ1v) is 19.7. The normalized spacial score (nSPS) is 10.9. The molecule has 0 atom stereocenters. The Balaban J connectivity index is 0.000000271. The van der Waals surface area contributed by atoms with E-state index in [1.807, 2.05) is 40.0 Å². The summed E-state index contributed by atoms with van der Waals surface area (Å²) in [6.45, 7) is 9.04. The van der Waals surface area contributed by atoms with Gasteiger partial charge in [0.15, 0.2) is 20.1 Å². The molecule has 14 nitrogen and oxygen atoms in total. The minimum Gasteiger partial charge on any atom is -0.491 e. The maximum atomic E-state index is 12.1. The highest BCUT2D eigenvalue weighted by Gasteiger charge is 2.20. The van der Waals surface area contributed by atoms with Crippen LogP contribution in [0.4, 0.5) is 21.6 Å². The molecule has 0 bridgehead atoms. The fourth-order valence-electron chi connectivity index (χ4n) is 3.47. The first-order valence-electron chi connectivity index (χ1n) is 15.0. The number of anilines is 4. The summed E-state index contributed by atoms with van der Waals surface area (Å²) in [6.07, 6.45) is 5.73. The summed E-state index contributed by atoms with van der Waals surface area (Å²) in [5.74, 6) is -1.77. The van der Waals surface area contributed by atoms with Crippen molar-refractivity contribution in [2.45, 2.75) is 36.1 Å². The Kier molecular flexibility index (Phi) is 15.2. The second kappa shape index (κ2) is 19.0. The Labute approximate surface area is 302 Å². The van der Waals surface area contributed by atoms with E-state index in [1.165, 1.54) is 23.1 Å². The lowest BCUT2D eigenvalue weighted by molar-refractivity contribution is -0.133. The lowest BCUT2D eigenvalue weighted by Gasteiger charge is -2.13. The number of benzene rings is 2. The molecule has 0 aliphatic heterocycles. The minimum atomic E-state index is -3.42. The van der Waals surface area contributed by atoms with Crippen molar-refractivity contribution in [2.24, 2.45) is 11.8 Å². The highest BCUT2D eigenvalue weighted by molar-refractivity contribution is 8.00. The SMILES string of the molecule is CC(C)COc1ccccc1NC(=O)C(=O)Nc1ncc(S(C)(=O)=O)s1.CSc1cnc(NC(=O)C(=O)Nc2ccccc2OCC(C)C)s1. The maximum absolute atomic E-state index is 12.1. The van der Waals surface area contributed by atoms with Gasteiger partial charge in [-0.05, 0) is 42.4 Å². The van der Waals surface area contributed by atoms with Gasteiger partial charge in [-0.1, -0.05) is 74.6 Å². The number of thiazole rings is 2. The highest BCUT2D eigenvalue weighted by atomic mass is 32.2. The monoisotopic (exact) mass is 762 g/mol. The summed E-state index contributed by atoms with van der Waals surface area (Å²) < 4.78 is 35.1. The fourth-order valence-corrected chi connectivity index (χ4v) is 6.38. The maximum Gasteiger partial charge on any atom is 0.315 e. The van der Waals surface area contributed by atoms with Crippen LogP contribution in [0, 0.1) is 11.8 Å². The second-order valence-corrected chi connectivity index (χ2v) is 16.6. The molecular weight excluding hydrogens is 725 g/mol. The number of nitrogens with one attached hydrogen (secondary N) is 4. The molecule has 2 heterocycles. The molecular formula is C32H38N6O8S4. The van der Waals surface area contributed by atoms with Crippen molar-refractivity contribution in [2.75, 3.05) is 47.0 Å². The number of carbonyl (C=O) groups is 4. The molecule has 0 unspecified atom stereocenters. The zero-order valence-corrected chi connectivity index (χ0v) is 31.4. The van der Waals surface area contributed by atoms with Crippen LogP contribution >= 0.6 is 34.4 Å². The molecule has 0 aliphatic rings. The zero-order valence-electron chi connectivity index (χ0n) is 28.1. The number of hydrogen-bond acceptors (Lipinski definition) is 13. The molecule has 268 valence electrons. The number of sulfone groups is 1. The molecule has 50 heavy (non-hydrogen) atoms. The third-order valence-electron chi connectivity index (χ3n) is 5.80. The van der Waals surface area contributed by atoms with Crippen molar-refractivity contribution in [3.05, 3.63) is 60.9 Å². The summed E-state index contributed by atoms with van der Waals surface area (Å²) in [6, 6.07) is 13.8. The topological polar surface area (TPSA) is 195 Å². The molecule has 4 N–H and O–H groups in total. The van der Waals surface area contributed by atoms with Crippen LogP contribution in [0.5, 0.6) is 11.5 Å². The molecule has 2 aromatic carbocycles. The zero-order chi connectivity index (χ0) is 36.8. The van der Waals surface area contributed by atoms with E-state index in [-0.39, 0.29) is 9.34 Å². The van der Waals surface area contributed by atoms with E-state index in [1.54, 1.807) is 48.7 Å². The van der Waals surface area contributed by atoms with Gasteiger partial charge in [0.05, 0.1) is 41.2 Å². The quantitative estimate of drug-likeness (QED) is 0.103. The van der Waals surface area contributed by atoms with Crippen LogP contribution in [0.1, 0.15) is 27.7 Å². The van der Waals surface area contributed by atoms with Crippen LogP contribution < -0.4 is 30.7 Å². The number of para-hydroxylation sites is 4. The van der Waals surface area contributed by atoms with Gasteiger partial charge in [-0.3, -0.25) is 29.8 Å². The van der Waals surface area contributed by atoms with Crippen LogP contribution in [0.2, 0.25) is 0 Å². The summed E-state index contributed by atoms with van der Waals surface area (Å²) in [7, 11) is -3.42. The van der Waals surface area contributed by atoms with Crippen molar-refractivity contribution < 1.29 is 37.1 Å². The van der Waals surface area contributed by atoms with E-state index < -0.39 is 33.5 Å². The summed E-state index contributed by atoms with van der Waals surface area (Å²) in [5, 5.41) is 10.2. The largest absolute Gasteiger partial charge is 0.491 e. The van der Waals surface area contributed by atoms with Crippen molar-refractivity contribution in [1.82, 2.24) is 9.97 Å². The predicted molar refractivity (Wildman–Crippen MR) is 197 cm³/mol. The van der Waals surface area contributed by atoms with Crippen LogP contribution in [0.3, 0.4) is 0 Å². The van der Waals surface area contributed by atoms with Crippen LogP contribution in [-0.4, -0.2) is 67.7 Å². The standard InChI is InChI=1S/C16H19N3O5S2.C16H19N3O3S2/c1-10(2)9-24-12-7-5-4-6-11(12)18-14(20)15(21)19-16-17-8-13(25-16)26(3,22)23;1-10(2)9-22-12-7-5-4-6-11(12)18-14(20)15(21)19-16-17-8-13(23-3)24-16/h4-8,10H,9H2,1-3H3,(H,18,20)(H,17,19,21);4-8,10H,9H2,1-3H3,(H,18,20)(H,17,19,21). The molecule has 4 aromatic rings. The lowest BCUT2D eigenvalue weighted by atomic mass is 10.2. The summed E-state index contributed by atoms with van der Waals surface area (Å²) in [5.41, 5.74) is 0.825. The summed E-state index contributed by atoms with van der Waals surface area (Å²) in [4.78, 5) is 56.0. The molecule has 0 fully saturated rings. The molecule has 18 heteroatoms. The van der Waals surface area contributed by atoms with Gasteiger partial charge in [0.25, 0.3) is 0 Å². The number of aromatic nitrogens is 2. The van der Waals surface area contributed by atoms with Crippen molar-refractivity contribution in [3.8, 4) is 11.5 Å². The molecule has 0 radical (unpaired) electrons. The third kappa shape index (κ3) is 13.1. The van der Waals surface area contributed by atoms with E-state index in [0.717, 1.165) is 28.0 Å². The van der Waals surface area contributed by atoms with Gasteiger partial charge >= 0.3 is 23.6 Å². The first kappa shape index (κ1) is 39.9. The number of hydrogen-bond donors (Lipinski definition) is 4. The minimum absolute atomic E-state index is 0.000592. The highest BCUT2D eigenvalue weighted by Crippen LogP contribution is 2.28. The lowest BCUT2D eigenvalue weighted by Crippen LogP contribution is -2.29. The van der Waals surface area contributed by atoms with E-state index >= 15 is 0 Å².